The lowest BCUT2D eigenvalue weighted by Gasteiger charge is -2.26. The molecule has 0 aromatic heterocycles. The van der Waals surface area contributed by atoms with E-state index in [1.165, 1.54) is 4.90 Å². The topological polar surface area (TPSA) is 222 Å². The van der Waals surface area contributed by atoms with Crippen LogP contribution in [0.1, 0.15) is 32.1 Å². The summed E-state index contributed by atoms with van der Waals surface area (Å²) in [5.41, 5.74) is 10.6. The molecule has 0 aliphatic carbocycles. The number of hydrogen-bond donors (Lipinski definition) is 6. The largest absolute Gasteiger partial charge is 0.481 e. The van der Waals surface area contributed by atoms with Gasteiger partial charge in [0.15, 0.2) is 0 Å². The number of hydrogen-bond acceptors (Lipinski definition) is 7. The molecule has 3 unspecified atom stereocenters. The molecule has 0 spiro atoms. The SMILES string of the molecule is NC(=O)CC(NC(=O)CNC(=O)C1CCCN1C(=O)C(N)CCC(=O)O)C(=O)O. The van der Waals surface area contributed by atoms with Crippen molar-refractivity contribution in [2.45, 2.75) is 50.2 Å². The lowest BCUT2D eigenvalue weighted by atomic mass is 10.1. The van der Waals surface area contributed by atoms with E-state index in [-0.39, 0.29) is 19.4 Å². The molecule has 8 N–H and O–H groups in total. The van der Waals surface area contributed by atoms with E-state index < -0.39 is 66.7 Å². The number of carboxylic acid groups (broad SMARTS) is 2. The number of carbonyl (C=O) groups excluding carboxylic acids is 4. The van der Waals surface area contributed by atoms with Crippen LogP contribution in [0.15, 0.2) is 0 Å². The molecule has 1 fully saturated rings. The summed E-state index contributed by atoms with van der Waals surface area (Å²) >= 11 is 0. The second-order valence-electron chi connectivity index (χ2n) is 6.58. The minimum absolute atomic E-state index is 0.0716. The standard InChI is InChI=1S/C16H25N5O8/c17-8(3-4-13(24)25)15(27)21-5-1-2-10(21)14(26)19-7-12(23)20-9(16(28)29)6-11(18)22/h8-10H,1-7,17H2,(H2,18,22)(H,19,26)(H,20,23)(H,24,25)(H,28,29). The first-order valence-electron chi connectivity index (χ1n) is 8.89. The Bertz CT molecular complexity index is 682. The molecule has 0 bridgehead atoms. The molecule has 3 atom stereocenters. The molecule has 1 rings (SSSR count). The van der Waals surface area contributed by atoms with E-state index in [0.29, 0.717) is 12.8 Å². The van der Waals surface area contributed by atoms with Crippen LogP contribution in [0.3, 0.4) is 0 Å². The van der Waals surface area contributed by atoms with Crippen LogP contribution < -0.4 is 22.1 Å². The predicted molar refractivity (Wildman–Crippen MR) is 96.0 cm³/mol. The molecular formula is C16H25N5O8. The number of aliphatic carboxylic acids is 2. The van der Waals surface area contributed by atoms with Gasteiger partial charge in [0, 0.05) is 13.0 Å². The molecule has 0 aromatic carbocycles. The highest BCUT2D eigenvalue weighted by molar-refractivity contribution is 5.93. The van der Waals surface area contributed by atoms with Gasteiger partial charge in [-0.3, -0.25) is 24.0 Å². The Balaban J connectivity index is 2.58. The summed E-state index contributed by atoms with van der Waals surface area (Å²) in [5, 5.41) is 22.0. The zero-order valence-electron chi connectivity index (χ0n) is 15.6. The summed E-state index contributed by atoms with van der Waals surface area (Å²) < 4.78 is 0. The Kier molecular flexibility index (Phi) is 8.99. The Morgan fingerprint density at radius 2 is 1.79 bits per heavy atom. The molecule has 29 heavy (non-hydrogen) atoms. The fraction of sp³-hybridized carbons (Fsp3) is 0.625. The van der Waals surface area contributed by atoms with Crippen LogP contribution in [-0.2, 0) is 28.8 Å². The normalized spacial score (nSPS) is 17.8. The maximum atomic E-state index is 12.4. The van der Waals surface area contributed by atoms with Gasteiger partial charge in [-0.1, -0.05) is 0 Å². The van der Waals surface area contributed by atoms with Crippen LogP contribution in [0, 0.1) is 0 Å². The Hall–Kier alpha value is -3.22. The summed E-state index contributed by atoms with van der Waals surface area (Å²) in [4.78, 5) is 70.2. The molecule has 0 saturated carbocycles. The van der Waals surface area contributed by atoms with E-state index in [1.807, 2.05) is 0 Å². The monoisotopic (exact) mass is 415 g/mol. The molecule has 1 aliphatic heterocycles. The highest BCUT2D eigenvalue weighted by atomic mass is 16.4. The van der Waals surface area contributed by atoms with Crippen molar-refractivity contribution >= 4 is 35.6 Å². The first kappa shape index (κ1) is 23.8. The summed E-state index contributed by atoms with van der Waals surface area (Å²) in [6.45, 7) is -0.297. The van der Waals surface area contributed by atoms with Crippen LogP contribution >= 0.6 is 0 Å². The molecule has 13 heteroatoms. The van der Waals surface area contributed by atoms with Gasteiger partial charge in [-0.15, -0.1) is 0 Å². The van der Waals surface area contributed by atoms with E-state index >= 15 is 0 Å². The van der Waals surface area contributed by atoms with Gasteiger partial charge in [0.1, 0.15) is 12.1 Å². The van der Waals surface area contributed by atoms with E-state index in [9.17, 15) is 28.8 Å². The van der Waals surface area contributed by atoms with E-state index in [1.54, 1.807) is 0 Å². The number of nitrogens with two attached hydrogens (primary N) is 2. The maximum Gasteiger partial charge on any atom is 0.326 e. The number of primary amides is 1. The van der Waals surface area contributed by atoms with E-state index in [4.69, 9.17) is 21.7 Å². The van der Waals surface area contributed by atoms with Gasteiger partial charge in [0.2, 0.25) is 23.6 Å². The molecular weight excluding hydrogens is 390 g/mol. The van der Waals surface area contributed by atoms with Crippen molar-refractivity contribution < 1.29 is 39.0 Å². The molecule has 1 saturated heterocycles. The lowest BCUT2D eigenvalue weighted by molar-refractivity contribution is -0.143. The molecule has 0 aromatic rings. The molecule has 13 nitrogen and oxygen atoms in total. The molecule has 1 heterocycles. The first-order chi connectivity index (χ1) is 13.5. The van der Waals surface area contributed by atoms with Gasteiger partial charge in [0.25, 0.3) is 0 Å². The van der Waals surface area contributed by atoms with Crippen molar-refractivity contribution in [2.75, 3.05) is 13.1 Å². The third-order valence-electron chi connectivity index (χ3n) is 4.29. The maximum absolute atomic E-state index is 12.4. The van der Waals surface area contributed by atoms with E-state index in [2.05, 4.69) is 10.6 Å². The number of nitrogens with zero attached hydrogens (tertiary/aromatic N) is 1. The van der Waals surface area contributed by atoms with Crippen molar-refractivity contribution in [1.29, 1.82) is 0 Å². The van der Waals surface area contributed by atoms with Crippen LogP contribution in [0.2, 0.25) is 0 Å². The highest BCUT2D eigenvalue weighted by Crippen LogP contribution is 2.19. The summed E-state index contributed by atoms with van der Waals surface area (Å²) in [6.07, 6.45) is -0.0918. The fourth-order valence-corrected chi connectivity index (χ4v) is 2.85. The van der Waals surface area contributed by atoms with E-state index in [0.717, 1.165) is 0 Å². The lowest BCUT2D eigenvalue weighted by Crippen LogP contribution is -2.53. The van der Waals surface area contributed by atoms with Crippen molar-refractivity contribution in [3.05, 3.63) is 0 Å². The number of likely N-dealkylation sites (tertiary alicyclic amines) is 1. The smallest absolute Gasteiger partial charge is 0.326 e. The third kappa shape index (κ3) is 7.73. The quantitative estimate of drug-likeness (QED) is 0.199. The molecule has 0 radical (unpaired) electrons. The van der Waals surface area contributed by atoms with Crippen molar-refractivity contribution in [3.63, 3.8) is 0 Å². The minimum Gasteiger partial charge on any atom is -0.481 e. The van der Waals surface area contributed by atoms with Gasteiger partial charge >= 0.3 is 11.9 Å². The zero-order valence-corrected chi connectivity index (χ0v) is 15.6. The average molecular weight is 415 g/mol. The number of nitrogens with one attached hydrogen (secondary N) is 2. The predicted octanol–water partition coefficient (Wildman–Crippen LogP) is -3.27. The second-order valence-corrected chi connectivity index (χ2v) is 6.58. The van der Waals surface area contributed by atoms with Gasteiger partial charge in [-0.2, -0.15) is 0 Å². The van der Waals surface area contributed by atoms with Gasteiger partial charge < -0.3 is 37.2 Å². The van der Waals surface area contributed by atoms with Gasteiger partial charge in [0.05, 0.1) is 19.0 Å². The van der Waals surface area contributed by atoms with Crippen molar-refractivity contribution in [2.24, 2.45) is 11.5 Å². The first-order valence-corrected chi connectivity index (χ1v) is 8.89. The van der Waals surface area contributed by atoms with Gasteiger partial charge in [-0.25, -0.2) is 4.79 Å². The Labute approximate surface area is 165 Å². The Morgan fingerprint density at radius 3 is 2.34 bits per heavy atom. The zero-order chi connectivity index (χ0) is 22.1. The van der Waals surface area contributed by atoms with Crippen LogP contribution in [-0.4, -0.2) is 81.9 Å². The number of amides is 4. The molecule has 162 valence electrons. The molecule has 1 aliphatic rings. The average Bonchev–Trinajstić information content (AvgIpc) is 3.12. The Morgan fingerprint density at radius 1 is 1.14 bits per heavy atom. The van der Waals surface area contributed by atoms with Crippen LogP contribution in [0.4, 0.5) is 0 Å². The molecule has 4 amide bonds. The van der Waals surface area contributed by atoms with Crippen molar-refractivity contribution in [1.82, 2.24) is 15.5 Å². The van der Waals surface area contributed by atoms with Crippen molar-refractivity contribution in [3.8, 4) is 0 Å². The van der Waals surface area contributed by atoms with Crippen LogP contribution in [0.5, 0.6) is 0 Å². The summed E-state index contributed by atoms with van der Waals surface area (Å²) in [6, 6.07) is -3.45. The van der Waals surface area contributed by atoms with Crippen LogP contribution in [0.25, 0.3) is 0 Å². The number of carboxylic acids is 2. The van der Waals surface area contributed by atoms with Gasteiger partial charge in [-0.05, 0) is 19.3 Å². The highest BCUT2D eigenvalue weighted by Gasteiger charge is 2.36. The fourth-order valence-electron chi connectivity index (χ4n) is 2.85. The summed E-state index contributed by atoms with van der Waals surface area (Å²) in [5.74, 6) is -5.49. The number of rotatable bonds is 11. The summed E-state index contributed by atoms with van der Waals surface area (Å²) in [7, 11) is 0. The number of carbonyl (C=O) groups is 6. The second kappa shape index (κ2) is 10.9. The minimum atomic E-state index is -1.52. The third-order valence-corrected chi connectivity index (χ3v) is 4.29.